The van der Waals surface area contributed by atoms with Crippen LogP contribution < -0.4 is 4.74 Å². The monoisotopic (exact) mass is 260 g/mol. The zero-order valence-corrected chi connectivity index (χ0v) is 10.8. The van der Waals surface area contributed by atoms with E-state index in [1.807, 2.05) is 6.92 Å². The quantitative estimate of drug-likeness (QED) is 0.653. The summed E-state index contributed by atoms with van der Waals surface area (Å²) in [7, 11) is 1.59. The molecule has 3 nitrogen and oxygen atoms in total. The minimum atomic E-state index is -0.374. The fourth-order valence-corrected chi connectivity index (χ4v) is 1.83. The molecule has 1 rings (SSSR count). The van der Waals surface area contributed by atoms with Crippen molar-refractivity contribution in [3.8, 4) is 5.75 Å². The van der Waals surface area contributed by atoms with Crippen molar-refractivity contribution in [2.75, 3.05) is 20.3 Å². The molecule has 0 saturated carbocycles. The predicted octanol–water partition coefficient (Wildman–Crippen LogP) is 2.74. The highest BCUT2D eigenvalue weighted by atomic mass is 35.5. The van der Waals surface area contributed by atoms with E-state index in [4.69, 9.17) is 21.1 Å². The lowest BCUT2D eigenvalue weighted by atomic mass is 10.1. The Kier molecular flexibility index (Phi) is 5.12. The molecule has 0 aliphatic rings. The number of methoxy groups -OCH3 is 1. The van der Waals surface area contributed by atoms with E-state index in [2.05, 4.69) is 12.6 Å². The van der Waals surface area contributed by atoms with Crippen LogP contribution in [0.5, 0.6) is 5.75 Å². The first kappa shape index (κ1) is 13.4. The number of aryl methyl sites for hydroxylation is 1. The van der Waals surface area contributed by atoms with E-state index in [1.54, 1.807) is 19.2 Å². The molecular formula is C11H13ClO3S. The molecule has 0 fully saturated rings. The number of ether oxygens (including phenoxy) is 2. The van der Waals surface area contributed by atoms with E-state index < -0.39 is 0 Å². The zero-order valence-electron chi connectivity index (χ0n) is 9.12. The van der Waals surface area contributed by atoms with Crippen LogP contribution in [0.2, 0.25) is 5.02 Å². The van der Waals surface area contributed by atoms with Crippen molar-refractivity contribution in [2.24, 2.45) is 0 Å². The molecule has 88 valence electrons. The van der Waals surface area contributed by atoms with Crippen LogP contribution in [0.15, 0.2) is 12.1 Å². The van der Waals surface area contributed by atoms with Gasteiger partial charge in [-0.3, -0.25) is 4.79 Å². The Labute approximate surface area is 105 Å². The molecule has 0 bridgehead atoms. The maximum Gasteiger partial charge on any atom is 0.217 e. The average Bonchev–Trinajstić information content (AvgIpc) is 2.22. The number of hydrogen-bond donors (Lipinski definition) is 1. The van der Waals surface area contributed by atoms with Gasteiger partial charge < -0.3 is 9.47 Å². The lowest BCUT2D eigenvalue weighted by Gasteiger charge is -2.12. The SMILES string of the molecule is COCCOc1c(C)ccc(C(=O)S)c1Cl. The zero-order chi connectivity index (χ0) is 12.1. The maximum absolute atomic E-state index is 11.2. The van der Waals surface area contributed by atoms with Gasteiger partial charge >= 0.3 is 0 Å². The van der Waals surface area contributed by atoms with Crippen LogP contribution >= 0.6 is 24.2 Å². The summed E-state index contributed by atoms with van der Waals surface area (Å²) in [4.78, 5) is 11.2. The molecule has 0 radical (unpaired) electrons. The molecule has 0 saturated heterocycles. The van der Waals surface area contributed by atoms with Crippen molar-refractivity contribution in [2.45, 2.75) is 6.92 Å². The number of carbonyl (C=O) groups is 1. The van der Waals surface area contributed by atoms with Gasteiger partial charge in [0.2, 0.25) is 5.12 Å². The minimum absolute atomic E-state index is 0.302. The van der Waals surface area contributed by atoms with E-state index >= 15 is 0 Å². The van der Waals surface area contributed by atoms with Gasteiger partial charge in [0.25, 0.3) is 0 Å². The molecule has 5 heteroatoms. The van der Waals surface area contributed by atoms with Crippen LogP contribution in [0.25, 0.3) is 0 Å². The third-order valence-corrected chi connectivity index (χ3v) is 2.67. The molecule has 0 aliphatic carbocycles. The summed E-state index contributed by atoms with van der Waals surface area (Å²) < 4.78 is 10.3. The fraction of sp³-hybridized carbons (Fsp3) is 0.364. The predicted molar refractivity (Wildman–Crippen MR) is 66.9 cm³/mol. The molecule has 0 unspecified atom stereocenters. The van der Waals surface area contributed by atoms with Gasteiger partial charge in [-0.25, -0.2) is 0 Å². The van der Waals surface area contributed by atoms with Crippen LogP contribution in [-0.4, -0.2) is 25.4 Å². The standard InChI is InChI=1S/C11H13ClO3S/c1-7-3-4-8(11(13)16)9(12)10(7)15-6-5-14-2/h3-4H,5-6H2,1-2H3,(H,13,16). The molecular weight excluding hydrogens is 248 g/mol. The lowest BCUT2D eigenvalue weighted by Crippen LogP contribution is -2.06. The molecule has 0 aliphatic heterocycles. The Balaban J connectivity index is 2.97. The first-order valence-electron chi connectivity index (χ1n) is 4.72. The van der Waals surface area contributed by atoms with Crippen molar-refractivity contribution in [1.82, 2.24) is 0 Å². The Morgan fingerprint density at radius 3 is 2.69 bits per heavy atom. The second-order valence-corrected chi connectivity index (χ2v) is 4.00. The van der Waals surface area contributed by atoms with Gasteiger partial charge in [-0.05, 0) is 18.6 Å². The number of hydrogen-bond acceptors (Lipinski definition) is 3. The van der Waals surface area contributed by atoms with Crippen LogP contribution in [0.3, 0.4) is 0 Å². The number of halogens is 1. The number of benzene rings is 1. The maximum atomic E-state index is 11.2. The molecule has 0 aromatic heterocycles. The Bertz CT molecular complexity index is 393. The van der Waals surface area contributed by atoms with Crippen LogP contribution in [0.1, 0.15) is 15.9 Å². The molecule has 0 heterocycles. The molecule has 0 N–H and O–H groups in total. The molecule has 16 heavy (non-hydrogen) atoms. The van der Waals surface area contributed by atoms with Crippen LogP contribution in [-0.2, 0) is 4.74 Å². The number of thiol groups is 1. The van der Waals surface area contributed by atoms with Gasteiger partial charge in [0.15, 0.2) is 0 Å². The molecule has 1 aromatic rings. The number of rotatable bonds is 5. The van der Waals surface area contributed by atoms with Crippen LogP contribution in [0, 0.1) is 6.92 Å². The second kappa shape index (κ2) is 6.13. The highest BCUT2D eigenvalue weighted by molar-refractivity contribution is 7.97. The normalized spacial score (nSPS) is 10.2. The van der Waals surface area contributed by atoms with Crippen LogP contribution in [0.4, 0.5) is 0 Å². The third kappa shape index (κ3) is 3.14. The van der Waals surface area contributed by atoms with Gasteiger partial charge in [0, 0.05) is 7.11 Å². The van der Waals surface area contributed by atoms with Crippen molar-refractivity contribution < 1.29 is 14.3 Å². The third-order valence-electron chi connectivity index (χ3n) is 2.06. The Morgan fingerprint density at radius 1 is 1.44 bits per heavy atom. The van der Waals surface area contributed by atoms with Gasteiger partial charge in [0.05, 0.1) is 17.2 Å². The van der Waals surface area contributed by atoms with E-state index in [-0.39, 0.29) is 5.12 Å². The molecule has 1 aromatic carbocycles. The van der Waals surface area contributed by atoms with Gasteiger partial charge in [-0.15, -0.1) is 12.6 Å². The minimum Gasteiger partial charge on any atom is -0.489 e. The van der Waals surface area contributed by atoms with E-state index in [0.29, 0.717) is 29.5 Å². The van der Waals surface area contributed by atoms with Crippen molar-refractivity contribution in [3.63, 3.8) is 0 Å². The summed E-state index contributed by atoms with van der Waals surface area (Å²) in [6.45, 7) is 2.72. The van der Waals surface area contributed by atoms with Gasteiger partial charge in [-0.1, -0.05) is 17.7 Å². The summed E-state index contributed by atoms with van der Waals surface area (Å²) in [5, 5.41) is -0.0716. The van der Waals surface area contributed by atoms with Gasteiger partial charge in [0.1, 0.15) is 12.4 Å². The summed E-state index contributed by atoms with van der Waals surface area (Å²) in [6.07, 6.45) is 0. The summed E-state index contributed by atoms with van der Waals surface area (Å²) >= 11 is 9.80. The van der Waals surface area contributed by atoms with E-state index in [1.165, 1.54) is 0 Å². The van der Waals surface area contributed by atoms with Gasteiger partial charge in [-0.2, -0.15) is 0 Å². The summed E-state index contributed by atoms with van der Waals surface area (Å²) in [5.41, 5.74) is 1.22. The first-order valence-corrected chi connectivity index (χ1v) is 5.54. The smallest absolute Gasteiger partial charge is 0.217 e. The lowest BCUT2D eigenvalue weighted by molar-refractivity contribution is 0.109. The highest BCUT2D eigenvalue weighted by Crippen LogP contribution is 2.32. The van der Waals surface area contributed by atoms with E-state index in [0.717, 1.165) is 5.56 Å². The highest BCUT2D eigenvalue weighted by Gasteiger charge is 2.14. The Morgan fingerprint density at radius 2 is 2.12 bits per heavy atom. The summed E-state index contributed by atoms with van der Waals surface area (Å²) in [6, 6.07) is 3.41. The first-order chi connectivity index (χ1) is 7.57. The molecule has 0 atom stereocenters. The van der Waals surface area contributed by atoms with Crippen molar-refractivity contribution >= 4 is 29.3 Å². The average molecular weight is 261 g/mol. The largest absolute Gasteiger partial charge is 0.489 e. The van der Waals surface area contributed by atoms with Crippen molar-refractivity contribution in [1.29, 1.82) is 0 Å². The van der Waals surface area contributed by atoms with Crippen molar-refractivity contribution in [3.05, 3.63) is 28.3 Å². The second-order valence-electron chi connectivity index (χ2n) is 3.22. The molecule has 0 spiro atoms. The Hall–Kier alpha value is -0.710. The topological polar surface area (TPSA) is 35.5 Å². The number of carbonyl (C=O) groups excluding carboxylic acids is 1. The molecule has 0 amide bonds. The summed E-state index contributed by atoms with van der Waals surface area (Å²) in [5.74, 6) is 0.513. The van der Waals surface area contributed by atoms with E-state index in [9.17, 15) is 4.79 Å². The fourth-order valence-electron chi connectivity index (χ4n) is 1.22.